The lowest BCUT2D eigenvalue weighted by molar-refractivity contribution is -0.148. The average Bonchev–Trinajstić information content (AvgIpc) is 2.66. The second kappa shape index (κ2) is 5.70. The summed E-state index contributed by atoms with van der Waals surface area (Å²) in [4.78, 5) is 24.0. The highest BCUT2D eigenvalue weighted by atomic mass is 16.4. The number of amides is 1. The molecule has 0 bridgehead atoms. The Hall–Kier alpha value is -1.10. The van der Waals surface area contributed by atoms with Crippen molar-refractivity contribution in [1.82, 2.24) is 10.2 Å². The molecule has 0 aliphatic carbocycles. The number of nitrogens with zero attached hydrogens (tertiary/aromatic N) is 1. The van der Waals surface area contributed by atoms with Crippen LogP contribution >= 0.6 is 0 Å². The highest BCUT2D eigenvalue weighted by Gasteiger charge is 2.33. The van der Waals surface area contributed by atoms with Gasteiger partial charge in [0.25, 0.3) is 0 Å². The molecule has 0 unspecified atom stereocenters. The van der Waals surface area contributed by atoms with Gasteiger partial charge < -0.3 is 15.3 Å². The smallest absolute Gasteiger partial charge is 0.326 e. The molecule has 0 spiro atoms. The summed E-state index contributed by atoms with van der Waals surface area (Å²) in [7, 11) is 1.83. The Morgan fingerprint density at radius 2 is 2.27 bits per heavy atom. The minimum absolute atomic E-state index is 0.0323. The minimum Gasteiger partial charge on any atom is -0.480 e. The highest BCUT2D eigenvalue weighted by molar-refractivity contribution is 5.84. The van der Waals surface area contributed by atoms with Crippen molar-refractivity contribution in [3.8, 4) is 0 Å². The Morgan fingerprint density at radius 1 is 1.53 bits per heavy atom. The molecule has 1 aliphatic rings. The maximum absolute atomic E-state index is 11.7. The summed E-state index contributed by atoms with van der Waals surface area (Å²) >= 11 is 0. The van der Waals surface area contributed by atoms with Crippen molar-refractivity contribution in [2.24, 2.45) is 0 Å². The first-order valence-electron chi connectivity index (χ1n) is 5.33. The number of carbonyl (C=O) groups excluding carboxylic acids is 1. The molecule has 1 saturated heterocycles. The van der Waals surface area contributed by atoms with E-state index >= 15 is 0 Å². The Labute approximate surface area is 89.4 Å². The van der Waals surface area contributed by atoms with E-state index in [1.165, 1.54) is 4.90 Å². The van der Waals surface area contributed by atoms with Crippen LogP contribution in [0.25, 0.3) is 0 Å². The van der Waals surface area contributed by atoms with Crippen LogP contribution in [0.3, 0.4) is 0 Å². The largest absolute Gasteiger partial charge is 0.480 e. The van der Waals surface area contributed by atoms with Gasteiger partial charge in [0.2, 0.25) is 5.91 Å². The van der Waals surface area contributed by atoms with Gasteiger partial charge >= 0.3 is 5.97 Å². The molecule has 5 heteroatoms. The van der Waals surface area contributed by atoms with E-state index in [-0.39, 0.29) is 5.91 Å². The van der Waals surface area contributed by atoms with Crippen molar-refractivity contribution in [3.63, 3.8) is 0 Å². The van der Waals surface area contributed by atoms with Crippen molar-refractivity contribution in [1.29, 1.82) is 0 Å². The van der Waals surface area contributed by atoms with Crippen LogP contribution in [0.5, 0.6) is 0 Å². The molecule has 0 aromatic rings. The van der Waals surface area contributed by atoms with E-state index in [1.54, 1.807) is 0 Å². The van der Waals surface area contributed by atoms with Crippen LogP contribution in [0.4, 0.5) is 0 Å². The Balaban J connectivity index is 2.40. The van der Waals surface area contributed by atoms with Crippen LogP contribution in [0.2, 0.25) is 0 Å². The van der Waals surface area contributed by atoms with Crippen LogP contribution in [0.15, 0.2) is 0 Å². The minimum atomic E-state index is -0.880. The van der Waals surface area contributed by atoms with Gasteiger partial charge in [-0.05, 0) is 32.9 Å². The fraction of sp³-hybridized carbons (Fsp3) is 0.800. The third-order valence-corrected chi connectivity index (χ3v) is 2.68. The molecule has 0 aromatic carbocycles. The van der Waals surface area contributed by atoms with E-state index in [9.17, 15) is 9.59 Å². The van der Waals surface area contributed by atoms with Gasteiger partial charge in [0.1, 0.15) is 6.04 Å². The van der Waals surface area contributed by atoms with E-state index in [0.717, 1.165) is 19.4 Å². The van der Waals surface area contributed by atoms with Gasteiger partial charge in [0.05, 0.1) is 0 Å². The molecule has 1 atom stereocenters. The molecule has 15 heavy (non-hydrogen) atoms. The SMILES string of the molecule is CNCCCC(=O)N1CCC[C@H]1C(=O)O. The van der Waals surface area contributed by atoms with Crippen molar-refractivity contribution in [2.75, 3.05) is 20.1 Å². The first-order valence-corrected chi connectivity index (χ1v) is 5.33. The number of rotatable bonds is 5. The van der Waals surface area contributed by atoms with Crippen molar-refractivity contribution >= 4 is 11.9 Å². The van der Waals surface area contributed by atoms with Gasteiger partial charge in [-0.1, -0.05) is 0 Å². The lowest BCUT2D eigenvalue weighted by atomic mass is 10.2. The number of carboxylic acids is 1. The summed E-state index contributed by atoms with van der Waals surface area (Å²) in [6.07, 6.45) is 2.59. The van der Waals surface area contributed by atoms with E-state index in [2.05, 4.69) is 5.32 Å². The second-order valence-corrected chi connectivity index (χ2v) is 3.79. The van der Waals surface area contributed by atoms with E-state index in [4.69, 9.17) is 5.11 Å². The normalized spacial score (nSPS) is 20.6. The lowest BCUT2D eigenvalue weighted by Gasteiger charge is -2.21. The summed E-state index contributed by atoms with van der Waals surface area (Å²) < 4.78 is 0. The maximum atomic E-state index is 11.7. The monoisotopic (exact) mass is 214 g/mol. The first kappa shape index (κ1) is 12.0. The molecule has 1 aliphatic heterocycles. The molecular weight excluding hydrogens is 196 g/mol. The number of aliphatic carboxylic acids is 1. The molecule has 1 heterocycles. The number of likely N-dealkylation sites (tertiary alicyclic amines) is 1. The predicted octanol–water partition coefficient (Wildman–Crippen LogP) is 0.0616. The van der Waals surface area contributed by atoms with Crippen molar-refractivity contribution in [3.05, 3.63) is 0 Å². The first-order chi connectivity index (χ1) is 7.16. The summed E-state index contributed by atoms with van der Waals surface area (Å²) in [5, 5.41) is 11.9. The zero-order valence-electron chi connectivity index (χ0n) is 9.03. The summed E-state index contributed by atoms with van der Waals surface area (Å²) in [5.41, 5.74) is 0. The van der Waals surface area contributed by atoms with Crippen LogP contribution in [-0.4, -0.2) is 48.1 Å². The highest BCUT2D eigenvalue weighted by Crippen LogP contribution is 2.18. The fourth-order valence-corrected chi connectivity index (χ4v) is 1.88. The lowest BCUT2D eigenvalue weighted by Crippen LogP contribution is -2.40. The number of carbonyl (C=O) groups is 2. The third-order valence-electron chi connectivity index (χ3n) is 2.68. The standard InChI is InChI=1S/C10H18N2O3/c1-11-6-2-5-9(13)12-7-3-4-8(12)10(14)15/h8,11H,2-7H2,1H3,(H,14,15)/t8-/m0/s1. The average molecular weight is 214 g/mol. The molecule has 0 saturated carbocycles. The third kappa shape index (κ3) is 3.20. The summed E-state index contributed by atoms with van der Waals surface area (Å²) in [5.74, 6) is -0.912. The van der Waals surface area contributed by atoms with E-state index < -0.39 is 12.0 Å². The second-order valence-electron chi connectivity index (χ2n) is 3.79. The molecule has 1 amide bonds. The van der Waals surface area contributed by atoms with Crippen molar-refractivity contribution < 1.29 is 14.7 Å². The van der Waals surface area contributed by atoms with Gasteiger partial charge in [-0.2, -0.15) is 0 Å². The van der Waals surface area contributed by atoms with Gasteiger partial charge in [-0.25, -0.2) is 4.79 Å². The molecule has 5 nitrogen and oxygen atoms in total. The van der Waals surface area contributed by atoms with Crippen LogP contribution in [0.1, 0.15) is 25.7 Å². The number of hydrogen-bond donors (Lipinski definition) is 2. The topological polar surface area (TPSA) is 69.6 Å². The van der Waals surface area contributed by atoms with Gasteiger partial charge in [0.15, 0.2) is 0 Å². The Bertz CT molecular complexity index is 243. The molecule has 86 valence electrons. The summed E-state index contributed by atoms with van der Waals surface area (Å²) in [6.45, 7) is 1.38. The van der Waals surface area contributed by atoms with Crippen LogP contribution in [0, 0.1) is 0 Å². The molecule has 0 aromatic heterocycles. The number of hydrogen-bond acceptors (Lipinski definition) is 3. The van der Waals surface area contributed by atoms with Crippen molar-refractivity contribution in [2.45, 2.75) is 31.7 Å². The predicted molar refractivity (Wildman–Crippen MR) is 55.5 cm³/mol. The van der Waals surface area contributed by atoms with E-state index in [0.29, 0.717) is 19.4 Å². The van der Waals surface area contributed by atoms with E-state index in [1.807, 2.05) is 7.05 Å². The number of nitrogens with one attached hydrogen (secondary N) is 1. The van der Waals surface area contributed by atoms with Crippen LogP contribution in [-0.2, 0) is 9.59 Å². The quantitative estimate of drug-likeness (QED) is 0.635. The summed E-state index contributed by atoms with van der Waals surface area (Å²) in [6, 6.07) is -0.591. The van der Waals surface area contributed by atoms with Gasteiger partial charge in [-0.3, -0.25) is 4.79 Å². The number of carboxylic acid groups (broad SMARTS) is 1. The van der Waals surface area contributed by atoms with Gasteiger partial charge in [0, 0.05) is 13.0 Å². The maximum Gasteiger partial charge on any atom is 0.326 e. The van der Waals surface area contributed by atoms with Gasteiger partial charge in [-0.15, -0.1) is 0 Å². The zero-order valence-corrected chi connectivity index (χ0v) is 9.03. The molecule has 1 rings (SSSR count). The molecule has 0 radical (unpaired) electrons. The zero-order chi connectivity index (χ0) is 11.3. The van der Waals surface area contributed by atoms with Crippen LogP contribution < -0.4 is 5.32 Å². The molecule has 1 fully saturated rings. The molecule has 2 N–H and O–H groups in total. The Kier molecular flexibility index (Phi) is 4.55. The fourth-order valence-electron chi connectivity index (χ4n) is 1.88. The Morgan fingerprint density at radius 3 is 2.87 bits per heavy atom. The molecular formula is C10H18N2O3.